The van der Waals surface area contributed by atoms with Crippen molar-refractivity contribution in [3.63, 3.8) is 0 Å². The normalized spacial score (nSPS) is 13.1. The number of nitrogens with zero attached hydrogens (tertiary/aromatic N) is 1. The summed E-state index contributed by atoms with van der Waals surface area (Å²) in [7, 11) is -1.18. The van der Waals surface area contributed by atoms with E-state index in [9.17, 15) is 19.0 Å². The van der Waals surface area contributed by atoms with Gasteiger partial charge in [-0.1, -0.05) is 0 Å². The third-order valence-corrected chi connectivity index (χ3v) is 3.24. The monoisotopic (exact) mass is 303 g/mol. The summed E-state index contributed by atoms with van der Waals surface area (Å²) in [6.07, 6.45) is 0. The average molecular weight is 303 g/mol. The fourth-order valence-corrected chi connectivity index (χ4v) is 2.23. The second-order valence-corrected chi connectivity index (χ2v) is 4.88. The molecule has 0 spiro atoms. The molecule has 22 heavy (non-hydrogen) atoms. The van der Waals surface area contributed by atoms with Crippen LogP contribution in [-0.2, 0) is 11.3 Å². The van der Waals surface area contributed by atoms with Crippen LogP contribution in [0.15, 0.2) is 23.0 Å². The molecule has 1 aliphatic heterocycles. The number of nitrogens with one attached hydrogen (secondary N) is 2. The maximum absolute atomic E-state index is 14.0. The molecule has 0 saturated carbocycles. The van der Waals surface area contributed by atoms with Crippen LogP contribution in [-0.4, -0.2) is 28.0 Å². The van der Waals surface area contributed by atoms with Crippen LogP contribution < -0.4 is 16.3 Å². The van der Waals surface area contributed by atoms with Crippen molar-refractivity contribution in [1.29, 1.82) is 0 Å². The highest BCUT2D eigenvalue weighted by atomic mass is 19.1. The molecule has 2 heterocycles. The van der Waals surface area contributed by atoms with Gasteiger partial charge in [-0.05, 0) is 30.1 Å². The molecular formula is C13H11BFN3O4. The Kier molecular flexibility index (Phi) is 3.51. The molecule has 0 atom stereocenters. The number of benzene rings is 1. The van der Waals surface area contributed by atoms with Gasteiger partial charge in [-0.25, -0.2) is 9.37 Å². The number of aromatic nitrogens is 2. The molecule has 1 aromatic heterocycles. The zero-order valence-electron chi connectivity index (χ0n) is 11.5. The number of aryl methyl sites for hydroxylation is 1. The molecule has 2 aromatic rings. The van der Waals surface area contributed by atoms with Crippen molar-refractivity contribution >= 4 is 24.4 Å². The maximum Gasteiger partial charge on any atom is 0.491 e. The van der Waals surface area contributed by atoms with Gasteiger partial charge in [0.15, 0.2) is 0 Å². The number of halogens is 1. The first-order chi connectivity index (χ1) is 10.4. The van der Waals surface area contributed by atoms with Gasteiger partial charge < -0.3 is 9.68 Å². The van der Waals surface area contributed by atoms with Crippen molar-refractivity contribution in [1.82, 2.24) is 9.97 Å². The highest BCUT2D eigenvalue weighted by Crippen LogP contribution is 2.16. The minimum atomic E-state index is -1.18. The molecule has 0 unspecified atom stereocenters. The summed E-state index contributed by atoms with van der Waals surface area (Å²) in [6, 6.07) is 3.64. The summed E-state index contributed by atoms with van der Waals surface area (Å²) >= 11 is 0. The average Bonchev–Trinajstić information content (AvgIpc) is 2.77. The molecule has 3 N–H and O–H groups in total. The van der Waals surface area contributed by atoms with E-state index in [4.69, 9.17) is 4.65 Å². The van der Waals surface area contributed by atoms with Gasteiger partial charge in [-0.3, -0.25) is 19.9 Å². The second-order valence-electron chi connectivity index (χ2n) is 4.88. The minimum absolute atomic E-state index is 0.0771. The van der Waals surface area contributed by atoms with E-state index in [1.807, 2.05) is 0 Å². The number of carbonyl (C=O) groups is 1. The SMILES string of the molecule is Cc1cc(=O)[nH]c(NC(=O)c2cc3c(cc2F)COB3O)n1. The Hall–Kier alpha value is -2.52. The summed E-state index contributed by atoms with van der Waals surface area (Å²) in [5.41, 5.74) is 0.548. The van der Waals surface area contributed by atoms with Crippen LogP contribution in [0.2, 0.25) is 0 Å². The molecule has 0 saturated heterocycles. The van der Waals surface area contributed by atoms with Crippen LogP contribution in [0.3, 0.4) is 0 Å². The van der Waals surface area contributed by atoms with Crippen molar-refractivity contribution in [3.05, 3.63) is 51.2 Å². The van der Waals surface area contributed by atoms with Crippen LogP contribution >= 0.6 is 0 Å². The number of anilines is 1. The predicted molar refractivity (Wildman–Crippen MR) is 76.3 cm³/mol. The van der Waals surface area contributed by atoms with Gasteiger partial charge in [-0.2, -0.15) is 0 Å². The standard InChI is InChI=1S/C13H11BFN3O4/c1-6-2-11(19)17-13(16-6)18-12(20)8-4-9-7(3-10(8)15)5-22-14(9)21/h2-4,21H,5H2,1H3,(H2,16,17,18,19,20). The summed E-state index contributed by atoms with van der Waals surface area (Å²) in [5.74, 6) is -1.61. The minimum Gasteiger partial charge on any atom is -0.423 e. The van der Waals surface area contributed by atoms with Crippen molar-refractivity contribution < 1.29 is 18.9 Å². The van der Waals surface area contributed by atoms with E-state index in [1.54, 1.807) is 6.92 Å². The molecule has 3 rings (SSSR count). The van der Waals surface area contributed by atoms with Crippen LogP contribution in [0.1, 0.15) is 21.6 Å². The molecular weight excluding hydrogens is 292 g/mol. The predicted octanol–water partition coefficient (Wildman–Crippen LogP) is -0.313. The summed E-state index contributed by atoms with van der Waals surface area (Å²) in [6.45, 7) is 1.68. The number of hydrogen-bond acceptors (Lipinski definition) is 5. The first-order valence-corrected chi connectivity index (χ1v) is 6.45. The van der Waals surface area contributed by atoms with Crippen molar-refractivity contribution in [2.24, 2.45) is 0 Å². The number of hydrogen-bond donors (Lipinski definition) is 3. The van der Waals surface area contributed by atoms with Crippen LogP contribution in [0.4, 0.5) is 10.3 Å². The molecule has 112 valence electrons. The van der Waals surface area contributed by atoms with Crippen molar-refractivity contribution in [2.75, 3.05) is 5.32 Å². The molecule has 0 bridgehead atoms. The lowest BCUT2D eigenvalue weighted by atomic mass is 9.78. The number of aromatic amines is 1. The van der Waals surface area contributed by atoms with Gasteiger partial charge in [0, 0.05) is 11.8 Å². The molecule has 1 aromatic carbocycles. The van der Waals surface area contributed by atoms with E-state index in [0.717, 1.165) is 6.07 Å². The molecule has 0 fully saturated rings. The molecule has 0 aliphatic carbocycles. The number of carbonyl (C=O) groups excluding carboxylic acids is 1. The lowest BCUT2D eigenvalue weighted by Gasteiger charge is -2.08. The summed E-state index contributed by atoms with van der Waals surface area (Å²) in [4.78, 5) is 29.7. The van der Waals surface area contributed by atoms with E-state index in [2.05, 4.69) is 15.3 Å². The number of amides is 1. The van der Waals surface area contributed by atoms with E-state index in [1.165, 1.54) is 12.1 Å². The molecule has 9 heteroatoms. The smallest absolute Gasteiger partial charge is 0.423 e. The van der Waals surface area contributed by atoms with Crippen LogP contribution in [0.25, 0.3) is 0 Å². The Morgan fingerprint density at radius 1 is 1.50 bits per heavy atom. The number of rotatable bonds is 2. The topological polar surface area (TPSA) is 104 Å². The first kappa shape index (κ1) is 14.4. The molecule has 7 nitrogen and oxygen atoms in total. The molecule has 0 radical (unpaired) electrons. The highest BCUT2D eigenvalue weighted by Gasteiger charge is 2.30. The van der Waals surface area contributed by atoms with Crippen molar-refractivity contribution in [2.45, 2.75) is 13.5 Å². The van der Waals surface area contributed by atoms with Gasteiger partial charge >= 0.3 is 7.12 Å². The lowest BCUT2D eigenvalue weighted by Crippen LogP contribution is -2.30. The molecule has 1 aliphatic rings. The Bertz CT molecular complexity index is 823. The van der Waals surface area contributed by atoms with Gasteiger partial charge in [-0.15, -0.1) is 0 Å². The Morgan fingerprint density at radius 3 is 3.00 bits per heavy atom. The van der Waals surface area contributed by atoms with E-state index < -0.39 is 24.4 Å². The highest BCUT2D eigenvalue weighted by molar-refractivity contribution is 6.61. The van der Waals surface area contributed by atoms with Gasteiger partial charge in [0.05, 0.1) is 12.2 Å². The number of H-pyrrole nitrogens is 1. The third kappa shape index (κ3) is 2.63. The Morgan fingerprint density at radius 2 is 2.27 bits per heavy atom. The summed E-state index contributed by atoms with van der Waals surface area (Å²) in [5, 5.41) is 11.9. The zero-order chi connectivity index (χ0) is 15.9. The largest absolute Gasteiger partial charge is 0.491 e. The van der Waals surface area contributed by atoms with Gasteiger partial charge in [0.25, 0.3) is 11.5 Å². The molecule has 1 amide bonds. The third-order valence-electron chi connectivity index (χ3n) is 3.24. The van der Waals surface area contributed by atoms with Crippen molar-refractivity contribution in [3.8, 4) is 0 Å². The summed E-state index contributed by atoms with van der Waals surface area (Å²) < 4.78 is 19.0. The first-order valence-electron chi connectivity index (χ1n) is 6.45. The van der Waals surface area contributed by atoms with Crippen LogP contribution in [0.5, 0.6) is 0 Å². The Balaban J connectivity index is 1.92. The lowest BCUT2D eigenvalue weighted by molar-refractivity contribution is 0.102. The fourth-order valence-electron chi connectivity index (χ4n) is 2.23. The van der Waals surface area contributed by atoms with E-state index in [0.29, 0.717) is 16.7 Å². The Labute approximate surface area is 124 Å². The van der Waals surface area contributed by atoms with Gasteiger partial charge in [0.2, 0.25) is 5.95 Å². The van der Waals surface area contributed by atoms with Crippen LogP contribution in [0, 0.1) is 12.7 Å². The second kappa shape index (κ2) is 5.36. The van der Waals surface area contributed by atoms with E-state index in [-0.39, 0.29) is 18.1 Å². The quantitative estimate of drug-likeness (QED) is 0.660. The number of fused-ring (bicyclic) bond motifs is 1. The zero-order valence-corrected chi connectivity index (χ0v) is 11.5. The van der Waals surface area contributed by atoms with E-state index >= 15 is 0 Å². The maximum atomic E-state index is 14.0. The fraction of sp³-hybridized carbons (Fsp3) is 0.154. The van der Waals surface area contributed by atoms with Gasteiger partial charge in [0.1, 0.15) is 5.82 Å².